The second kappa shape index (κ2) is 9.62. The molecule has 0 saturated heterocycles. The number of aromatic nitrogens is 1. The molecule has 0 aliphatic rings. The topological polar surface area (TPSA) is 61.6 Å². The van der Waals surface area contributed by atoms with Gasteiger partial charge in [-0.25, -0.2) is 4.98 Å². The maximum atomic E-state index is 11.2. The predicted octanol–water partition coefficient (Wildman–Crippen LogP) is 4.74. The van der Waals surface area contributed by atoms with Crippen molar-refractivity contribution in [1.29, 1.82) is 0 Å². The summed E-state index contributed by atoms with van der Waals surface area (Å²) in [5.74, 6) is 3.18. The third-order valence-corrected chi connectivity index (χ3v) is 5.68. The summed E-state index contributed by atoms with van der Waals surface area (Å²) < 4.78 is 16.3. The third kappa shape index (κ3) is 5.61. The molecule has 0 fully saturated rings. The van der Waals surface area contributed by atoms with E-state index in [0.717, 1.165) is 33.4 Å². The molecular weight excluding hydrogens is 382 g/mol. The van der Waals surface area contributed by atoms with Crippen LogP contribution in [-0.2, 0) is 21.7 Å². The standard InChI is InChI=1S/C20H21NO4S2/c1-14-17(21-20(25-14)18-7-4-10-27-18)8-9-24-16-6-3-5-15(11-16)12-26-13-19(22)23-2/h3-7,10-11H,8-9,12-13H2,1-2H3. The van der Waals surface area contributed by atoms with Crippen molar-refractivity contribution in [3.63, 3.8) is 0 Å². The summed E-state index contributed by atoms with van der Waals surface area (Å²) in [5.41, 5.74) is 2.03. The first-order chi connectivity index (χ1) is 13.2. The number of carbonyl (C=O) groups excluding carboxylic acids is 1. The van der Waals surface area contributed by atoms with E-state index in [9.17, 15) is 4.79 Å². The van der Waals surface area contributed by atoms with Crippen molar-refractivity contribution in [3.05, 3.63) is 58.8 Å². The molecule has 27 heavy (non-hydrogen) atoms. The van der Waals surface area contributed by atoms with Gasteiger partial charge < -0.3 is 13.9 Å². The number of thiophene rings is 1. The largest absolute Gasteiger partial charge is 0.493 e. The van der Waals surface area contributed by atoms with Crippen molar-refractivity contribution < 1.29 is 18.7 Å². The molecule has 3 aromatic rings. The van der Waals surface area contributed by atoms with Gasteiger partial charge in [-0.1, -0.05) is 18.2 Å². The van der Waals surface area contributed by atoms with E-state index >= 15 is 0 Å². The maximum absolute atomic E-state index is 11.2. The number of hydrogen-bond donors (Lipinski definition) is 0. The highest BCUT2D eigenvalue weighted by molar-refractivity contribution is 7.99. The van der Waals surface area contributed by atoms with Crippen LogP contribution in [0.5, 0.6) is 5.75 Å². The zero-order chi connectivity index (χ0) is 19.1. The molecule has 0 unspecified atom stereocenters. The second-order valence-corrected chi connectivity index (χ2v) is 7.75. The Morgan fingerprint density at radius 1 is 1.30 bits per heavy atom. The van der Waals surface area contributed by atoms with Gasteiger partial charge >= 0.3 is 5.97 Å². The van der Waals surface area contributed by atoms with E-state index < -0.39 is 0 Å². The van der Waals surface area contributed by atoms with Gasteiger partial charge in [0.1, 0.15) is 11.5 Å². The quantitative estimate of drug-likeness (QED) is 0.481. The van der Waals surface area contributed by atoms with E-state index in [-0.39, 0.29) is 5.97 Å². The summed E-state index contributed by atoms with van der Waals surface area (Å²) in [6.07, 6.45) is 0.683. The smallest absolute Gasteiger partial charge is 0.315 e. The normalized spacial score (nSPS) is 10.7. The van der Waals surface area contributed by atoms with Gasteiger partial charge in [0.2, 0.25) is 5.89 Å². The second-order valence-electron chi connectivity index (χ2n) is 5.81. The van der Waals surface area contributed by atoms with Crippen molar-refractivity contribution in [2.24, 2.45) is 0 Å². The summed E-state index contributed by atoms with van der Waals surface area (Å²) in [6.45, 7) is 2.45. The first-order valence-electron chi connectivity index (χ1n) is 8.52. The lowest BCUT2D eigenvalue weighted by Crippen LogP contribution is -2.04. The Balaban J connectivity index is 1.50. The van der Waals surface area contributed by atoms with Crippen molar-refractivity contribution >= 4 is 29.1 Å². The molecule has 1 aromatic carbocycles. The van der Waals surface area contributed by atoms with Crippen LogP contribution in [0.1, 0.15) is 17.0 Å². The molecule has 142 valence electrons. The zero-order valence-corrected chi connectivity index (χ0v) is 16.9. The van der Waals surface area contributed by atoms with Crippen molar-refractivity contribution in [2.45, 2.75) is 19.1 Å². The zero-order valence-electron chi connectivity index (χ0n) is 15.3. The Bertz CT molecular complexity index is 874. The number of carbonyl (C=O) groups is 1. The first kappa shape index (κ1) is 19.5. The van der Waals surface area contributed by atoms with Gasteiger partial charge in [0.25, 0.3) is 0 Å². The number of aryl methyl sites for hydroxylation is 1. The number of ether oxygens (including phenoxy) is 2. The van der Waals surface area contributed by atoms with Crippen LogP contribution in [-0.4, -0.2) is 30.4 Å². The van der Waals surface area contributed by atoms with Crippen LogP contribution in [0.3, 0.4) is 0 Å². The van der Waals surface area contributed by atoms with Gasteiger partial charge in [0.15, 0.2) is 0 Å². The number of nitrogens with zero attached hydrogens (tertiary/aromatic N) is 1. The molecular formula is C20H21NO4S2. The summed E-state index contributed by atoms with van der Waals surface area (Å²) in [6, 6.07) is 11.9. The van der Waals surface area contributed by atoms with E-state index in [2.05, 4.69) is 9.72 Å². The molecule has 0 amide bonds. The third-order valence-electron chi connectivity index (χ3n) is 3.85. The molecule has 0 aliphatic heterocycles. The number of rotatable bonds is 9. The maximum Gasteiger partial charge on any atom is 0.315 e. The minimum atomic E-state index is -0.211. The molecule has 2 aromatic heterocycles. The molecule has 0 radical (unpaired) electrons. The lowest BCUT2D eigenvalue weighted by atomic mass is 10.2. The Morgan fingerprint density at radius 2 is 2.19 bits per heavy atom. The van der Waals surface area contributed by atoms with E-state index in [1.807, 2.05) is 48.7 Å². The number of oxazole rings is 1. The van der Waals surface area contributed by atoms with Crippen LogP contribution in [0.15, 0.2) is 46.2 Å². The average Bonchev–Trinajstić information content (AvgIpc) is 3.32. The van der Waals surface area contributed by atoms with Crippen LogP contribution in [0.25, 0.3) is 10.8 Å². The molecule has 0 atom stereocenters. The Kier molecular flexibility index (Phi) is 6.95. The first-order valence-corrected chi connectivity index (χ1v) is 10.6. The fraction of sp³-hybridized carbons (Fsp3) is 0.300. The minimum Gasteiger partial charge on any atom is -0.493 e. The van der Waals surface area contributed by atoms with Crippen LogP contribution < -0.4 is 4.74 Å². The fourth-order valence-corrected chi connectivity index (χ4v) is 3.92. The van der Waals surface area contributed by atoms with Gasteiger partial charge in [-0.15, -0.1) is 23.1 Å². The van der Waals surface area contributed by atoms with Crippen molar-refractivity contribution in [2.75, 3.05) is 19.5 Å². The minimum absolute atomic E-state index is 0.211. The molecule has 7 heteroatoms. The van der Waals surface area contributed by atoms with Crippen LogP contribution in [0, 0.1) is 6.92 Å². The molecule has 0 N–H and O–H groups in total. The summed E-state index contributed by atoms with van der Waals surface area (Å²) in [7, 11) is 1.40. The van der Waals surface area contributed by atoms with E-state index in [1.165, 1.54) is 18.9 Å². The van der Waals surface area contributed by atoms with Crippen molar-refractivity contribution in [3.8, 4) is 16.5 Å². The number of benzene rings is 1. The highest BCUT2D eigenvalue weighted by Gasteiger charge is 2.12. The lowest BCUT2D eigenvalue weighted by molar-refractivity contribution is -0.137. The summed E-state index contributed by atoms with van der Waals surface area (Å²) in [4.78, 5) is 16.8. The summed E-state index contributed by atoms with van der Waals surface area (Å²) >= 11 is 3.13. The molecule has 0 bridgehead atoms. The monoisotopic (exact) mass is 403 g/mol. The Hall–Kier alpha value is -2.25. The average molecular weight is 404 g/mol. The lowest BCUT2D eigenvalue weighted by Gasteiger charge is -2.07. The fourth-order valence-electron chi connectivity index (χ4n) is 2.47. The summed E-state index contributed by atoms with van der Waals surface area (Å²) in [5, 5.41) is 2.01. The predicted molar refractivity (Wildman–Crippen MR) is 108 cm³/mol. The highest BCUT2D eigenvalue weighted by atomic mass is 32.2. The Morgan fingerprint density at radius 3 is 2.96 bits per heavy atom. The molecule has 0 aliphatic carbocycles. The number of thioether (sulfide) groups is 1. The van der Waals surface area contributed by atoms with Gasteiger partial charge in [-0.3, -0.25) is 4.79 Å². The van der Waals surface area contributed by atoms with Gasteiger partial charge in [0, 0.05) is 12.2 Å². The van der Waals surface area contributed by atoms with E-state index in [0.29, 0.717) is 24.7 Å². The van der Waals surface area contributed by atoms with Gasteiger partial charge in [-0.2, -0.15) is 0 Å². The SMILES string of the molecule is COC(=O)CSCc1cccc(OCCc2nc(-c3cccs3)oc2C)c1. The molecule has 2 heterocycles. The molecule has 5 nitrogen and oxygen atoms in total. The van der Waals surface area contributed by atoms with Gasteiger partial charge in [-0.05, 0) is 36.1 Å². The van der Waals surface area contributed by atoms with Crippen LogP contribution >= 0.6 is 23.1 Å². The number of hydrogen-bond acceptors (Lipinski definition) is 7. The molecule has 3 rings (SSSR count). The number of methoxy groups -OCH3 is 1. The van der Waals surface area contributed by atoms with Gasteiger partial charge in [0.05, 0.1) is 30.0 Å². The molecule has 0 saturated carbocycles. The molecule has 0 spiro atoms. The van der Waals surface area contributed by atoms with Crippen molar-refractivity contribution in [1.82, 2.24) is 4.98 Å². The van der Waals surface area contributed by atoms with Crippen LogP contribution in [0.2, 0.25) is 0 Å². The highest BCUT2D eigenvalue weighted by Crippen LogP contribution is 2.26. The Labute approximate surface area is 166 Å². The van der Waals surface area contributed by atoms with Crippen LogP contribution in [0.4, 0.5) is 0 Å². The number of esters is 1. The van der Waals surface area contributed by atoms with E-state index in [4.69, 9.17) is 9.15 Å². The van der Waals surface area contributed by atoms with E-state index in [1.54, 1.807) is 11.3 Å².